The minimum atomic E-state index is -0.423. The number of piperazine rings is 1. The first kappa shape index (κ1) is 14.9. The number of hydrogen-bond acceptors (Lipinski definition) is 2. The van der Waals surface area contributed by atoms with Crippen molar-refractivity contribution in [3.05, 3.63) is 47.8 Å². The lowest BCUT2D eigenvalue weighted by atomic mass is 9.93. The molecule has 1 aliphatic heterocycles. The number of fused-ring (bicyclic) bond motifs is 2. The van der Waals surface area contributed by atoms with Crippen LogP contribution in [0.3, 0.4) is 0 Å². The Kier molecular flexibility index (Phi) is 3.93. The fourth-order valence-electron chi connectivity index (χ4n) is 4.37. The van der Waals surface area contributed by atoms with Crippen molar-refractivity contribution in [1.29, 1.82) is 0 Å². The van der Waals surface area contributed by atoms with E-state index >= 15 is 0 Å². The van der Waals surface area contributed by atoms with Crippen LogP contribution in [0.5, 0.6) is 0 Å². The van der Waals surface area contributed by atoms with Crippen molar-refractivity contribution in [3.63, 3.8) is 0 Å². The second-order valence-electron chi connectivity index (χ2n) is 7.11. The van der Waals surface area contributed by atoms with E-state index in [1.54, 1.807) is 23.1 Å². The first-order chi connectivity index (χ1) is 11.2. The zero-order valence-electron chi connectivity index (χ0n) is 13.3. The van der Waals surface area contributed by atoms with Crippen LogP contribution in [-0.2, 0) is 0 Å². The summed E-state index contributed by atoms with van der Waals surface area (Å²) in [6, 6.07) is 6.26. The Hall–Kier alpha value is -1.68. The van der Waals surface area contributed by atoms with Gasteiger partial charge < -0.3 is 4.90 Å². The van der Waals surface area contributed by atoms with Gasteiger partial charge in [0, 0.05) is 32.7 Å². The number of nitrogens with zero attached hydrogens (tertiary/aromatic N) is 2. The van der Waals surface area contributed by atoms with Crippen LogP contribution in [0, 0.1) is 23.6 Å². The van der Waals surface area contributed by atoms with E-state index in [4.69, 9.17) is 0 Å². The molecule has 3 nitrogen and oxygen atoms in total. The molecule has 1 heterocycles. The quantitative estimate of drug-likeness (QED) is 0.801. The average Bonchev–Trinajstić information content (AvgIpc) is 3.18. The highest BCUT2D eigenvalue weighted by molar-refractivity contribution is 5.94. The Balaban J connectivity index is 1.32. The molecule has 1 saturated carbocycles. The largest absolute Gasteiger partial charge is 0.336 e. The Morgan fingerprint density at radius 1 is 1.09 bits per heavy atom. The lowest BCUT2D eigenvalue weighted by Gasteiger charge is -2.37. The van der Waals surface area contributed by atoms with Gasteiger partial charge in [-0.1, -0.05) is 24.3 Å². The Morgan fingerprint density at radius 2 is 1.87 bits per heavy atom. The predicted molar refractivity (Wildman–Crippen MR) is 87.6 cm³/mol. The third-order valence-electron chi connectivity index (χ3n) is 5.67. The van der Waals surface area contributed by atoms with Crippen molar-refractivity contribution in [3.8, 4) is 0 Å². The lowest BCUT2D eigenvalue weighted by Crippen LogP contribution is -2.50. The summed E-state index contributed by atoms with van der Waals surface area (Å²) in [5.41, 5.74) is 0.194. The van der Waals surface area contributed by atoms with E-state index in [-0.39, 0.29) is 11.5 Å². The summed E-state index contributed by atoms with van der Waals surface area (Å²) < 4.78 is 13.8. The maximum atomic E-state index is 13.8. The second kappa shape index (κ2) is 6.08. The highest BCUT2D eigenvalue weighted by atomic mass is 19.1. The second-order valence-corrected chi connectivity index (χ2v) is 7.11. The topological polar surface area (TPSA) is 23.6 Å². The van der Waals surface area contributed by atoms with Gasteiger partial charge in [-0.15, -0.1) is 0 Å². The molecule has 23 heavy (non-hydrogen) atoms. The summed E-state index contributed by atoms with van der Waals surface area (Å²) in [7, 11) is 0. The molecule has 3 aliphatic rings. The molecular weight excluding hydrogens is 291 g/mol. The summed E-state index contributed by atoms with van der Waals surface area (Å²) in [4.78, 5) is 16.7. The van der Waals surface area contributed by atoms with Gasteiger partial charge in [0.2, 0.25) is 0 Å². The van der Waals surface area contributed by atoms with Crippen LogP contribution in [0.25, 0.3) is 0 Å². The number of benzene rings is 1. The number of carbonyl (C=O) groups excluding carboxylic acids is 1. The maximum Gasteiger partial charge on any atom is 0.256 e. The van der Waals surface area contributed by atoms with Crippen LogP contribution < -0.4 is 0 Å². The molecular formula is C19H23FN2O. The Morgan fingerprint density at radius 3 is 2.52 bits per heavy atom. The monoisotopic (exact) mass is 314 g/mol. The third kappa shape index (κ3) is 2.92. The van der Waals surface area contributed by atoms with Crippen LogP contribution >= 0.6 is 0 Å². The fourth-order valence-corrected chi connectivity index (χ4v) is 4.37. The molecule has 2 aliphatic carbocycles. The van der Waals surface area contributed by atoms with Gasteiger partial charge in [0.05, 0.1) is 5.56 Å². The van der Waals surface area contributed by atoms with Crippen LogP contribution in [0.4, 0.5) is 4.39 Å². The van der Waals surface area contributed by atoms with E-state index < -0.39 is 5.82 Å². The van der Waals surface area contributed by atoms with Gasteiger partial charge in [-0.3, -0.25) is 9.69 Å². The van der Waals surface area contributed by atoms with Gasteiger partial charge in [-0.05, 0) is 42.7 Å². The highest BCUT2D eigenvalue weighted by Crippen LogP contribution is 2.43. The van der Waals surface area contributed by atoms with E-state index in [9.17, 15) is 9.18 Å². The summed E-state index contributed by atoms with van der Waals surface area (Å²) in [5.74, 6) is 1.78. The van der Waals surface area contributed by atoms with Crippen molar-refractivity contribution in [1.82, 2.24) is 9.80 Å². The number of halogens is 1. The Bertz CT molecular complexity index is 622. The van der Waals surface area contributed by atoms with Gasteiger partial charge in [0.25, 0.3) is 5.91 Å². The summed E-state index contributed by atoms with van der Waals surface area (Å²) >= 11 is 0. The lowest BCUT2D eigenvalue weighted by molar-refractivity contribution is 0.0606. The van der Waals surface area contributed by atoms with Gasteiger partial charge in [0.15, 0.2) is 0 Å². The van der Waals surface area contributed by atoms with E-state index in [0.29, 0.717) is 13.1 Å². The summed E-state index contributed by atoms with van der Waals surface area (Å²) in [6.07, 6.45) is 7.45. The van der Waals surface area contributed by atoms with Gasteiger partial charge in [0.1, 0.15) is 5.82 Å². The SMILES string of the molecule is O=C(c1ccccc1F)N1CCN(C[C@H]2C[C@H]3C=C[C@@H]2C3)CC1. The molecule has 0 aromatic heterocycles. The number of allylic oxidation sites excluding steroid dienone is 2. The highest BCUT2D eigenvalue weighted by Gasteiger charge is 2.36. The molecule has 122 valence electrons. The van der Waals surface area contributed by atoms with Gasteiger partial charge in [-0.2, -0.15) is 0 Å². The molecule has 0 N–H and O–H groups in total. The molecule has 0 spiro atoms. The minimum absolute atomic E-state index is 0.175. The first-order valence-electron chi connectivity index (χ1n) is 8.65. The molecule has 2 fully saturated rings. The summed E-state index contributed by atoms with van der Waals surface area (Å²) in [5, 5.41) is 0. The number of hydrogen-bond donors (Lipinski definition) is 0. The number of amides is 1. The maximum absolute atomic E-state index is 13.8. The molecule has 1 aromatic rings. The average molecular weight is 314 g/mol. The summed E-state index contributed by atoms with van der Waals surface area (Å²) in [6.45, 7) is 4.34. The van der Waals surface area contributed by atoms with Crippen molar-refractivity contribution in [2.45, 2.75) is 12.8 Å². The molecule has 1 aromatic carbocycles. The van der Waals surface area contributed by atoms with Crippen molar-refractivity contribution in [2.75, 3.05) is 32.7 Å². The molecule has 4 heteroatoms. The smallest absolute Gasteiger partial charge is 0.256 e. The van der Waals surface area contributed by atoms with E-state index in [1.165, 1.54) is 18.9 Å². The van der Waals surface area contributed by atoms with Crippen molar-refractivity contribution < 1.29 is 9.18 Å². The van der Waals surface area contributed by atoms with Crippen molar-refractivity contribution >= 4 is 5.91 Å². The standard InChI is InChI=1S/C19H23FN2O/c20-18-4-2-1-3-17(18)19(23)22-9-7-21(8-10-22)13-16-12-14-5-6-15(16)11-14/h1-6,14-16H,7-13H2/t14-,15+,16+/m0/s1. The van der Waals surface area contributed by atoms with Crippen LogP contribution in [0.1, 0.15) is 23.2 Å². The number of carbonyl (C=O) groups is 1. The third-order valence-corrected chi connectivity index (χ3v) is 5.67. The Labute approximate surface area is 136 Å². The fraction of sp³-hybridized carbons (Fsp3) is 0.526. The normalized spacial score (nSPS) is 30.1. The van der Waals surface area contributed by atoms with E-state index in [1.807, 2.05) is 0 Å². The molecule has 1 saturated heterocycles. The van der Waals surface area contributed by atoms with Crippen LogP contribution in [0.2, 0.25) is 0 Å². The molecule has 1 amide bonds. The predicted octanol–water partition coefficient (Wildman–Crippen LogP) is 2.80. The first-order valence-corrected chi connectivity index (χ1v) is 8.65. The molecule has 0 radical (unpaired) electrons. The minimum Gasteiger partial charge on any atom is -0.336 e. The van der Waals surface area contributed by atoms with Gasteiger partial charge in [-0.25, -0.2) is 4.39 Å². The van der Waals surface area contributed by atoms with Crippen LogP contribution in [0.15, 0.2) is 36.4 Å². The van der Waals surface area contributed by atoms with E-state index in [0.717, 1.165) is 37.4 Å². The molecule has 4 rings (SSSR count). The number of rotatable bonds is 3. The van der Waals surface area contributed by atoms with Crippen LogP contribution in [-0.4, -0.2) is 48.4 Å². The van der Waals surface area contributed by atoms with E-state index in [2.05, 4.69) is 17.1 Å². The zero-order valence-corrected chi connectivity index (χ0v) is 13.3. The van der Waals surface area contributed by atoms with Gasteiger partial charge >= 0.3 is 0 Å². The molecule has 3 atom stereocenters. The van der Waals surface area contributed by atoms with Crippen molar-refractivity contribution in [2.24, 2.45) is 17.8 Å². The molecule has 2 bridgehead atoms. The molecule has 0 unspecified atom stereocenters. The zero-order chi connectivity index (χ0) is 15.8.